The van der Waals surface area contributed by atoms with Gasteiger partial charge in [0.15, 0.2) is 0 Å². The fourth-order valence-corrected chi connectivity index (χ4v) is 1.79. The van der Waals surface area contributed by atoms with Crippen LogP contribution < -0.4 is 0 Å². The molecule has 1 N–H and O–H groups in total. The molecule has 0 aliphatic heterocycles. The quantitative estimate of drug-likeness (QED) is 0.913. The van der Waals surface area contributed by atoms with Crippen molar-refractivity contribution in [3.05, 3.63) is 33.8 Å². The maximum absolute atomic E-state index is 10.7. The molecular formula is C12H15BrO2. The summed E-state index contributed by atoms with van der Waals surface area (Å²) < 4.78 is 1.05. The molecule has 0 fully saturated rings. The third-order valence-corrected chi connectivity index (χ3v) is 3.42. The van der Waals surface area contributed by atoms with Gasteiger partial charge in [-0.2, -0.15) is 0 Å². The number of halogens is 1. The second-order valence-electron chi connectivity index (χ2n) is 4.42. The predicted molar refractivity (Wildman–Crippen MR) is 64.2 cm³/mol. The van der Waals surface area contributed by atoms with Gasteiger partial charge in [0, 0.05) is 9.89 Å². The highest BCUT2D eigenvalue weighted by atomic mass is 79.9. The monoisotopic (exact) mass is 270 g/mol. The first-order valence-corrected chi connectivity index (χ1v) is 5.60. The largest absolute Gasteiger partial charge is 0.481 e. The molecule has 0 spiro atoms. The second-order valence-corrected chi connectivity index (χ2v) is 5.27. The lowest BCUT2D eigenvalue weighted by Crippen LogP contribution is -2.21. The Morgan fingerprint density at radius 1 is 1.47 bits per heavy atom. The number of hydrogen-bond acceptors (Lipinski definition) is 1. The summed E-state index contributed by atoms with van der Waals surface area (Å²) in [5, 5.41) is 8.83. The SMILES string of the molecule is Cc1cc(C(C)(C)CC(=O)O)ccc1Br. The van der Waals surface area contributed by atoms with E-state index in [9.17, 15) is 4.79 Å². The first kappa shape index (κ1) is 12.2. The van der Waals surface area contributed by atoms with Crippen LogP contribution in [0, 0.1) is 6.92 Å². The Balaban J connectivity index is 3.04. The molecule has 0 atom stereocenters. The van der Waals surface area contributed by atoms with E-state index in [1.165, 1.54) is 0 Å². The Bertz CT molecular complexity index is 383. The molecule has 2 nitrogen and oxygen atoms in total. The van der Waals surface area contributed by atoms with Gasteiger partial charge in [-0.15, -0.1) is 0 Å². The number of benzene rings is 1. The fourth-order valence-electron chi connectivity index (χ4n) is 1.55. The first-order valence-electron chi connectivity index (χ1n) is 4.81. The molecule has 82 valence electrons. The second kappa shape index (κ2) is 4.35. The maximum Gasteiger partial charge on any atom is 0.304 e. The number of hydrogen-bond donors (Lipinski definition) is 1. The van der Waals surface area contributed by atoms with E-state index in [2.05, 4.69) is 15.9 Å². The van der Waals surface area contributed by atoms with Crippen LogP contribution in [0.25, 0.3) is 0 Å². The molecule has 3 heteroatoms. The molecule has 15 heavy (non-hydrogen) atoms. The molecule has 0 amide bonds. The highest BCUT2D eigenvalue weighted by molar-refractivity contribution is 9.10. The number of carbonyl (C=O) groups is 1. The van der Waals surface area contributed by atoms with Crippen LogP contribution in [-0.2, 0) is 10.2 Å². The van der Waals surface area contributed by atoms with Crippen LogP contribution in [0.15, 0.2) is 22.7 Å². The molecule has 0 aromatic heterocycles. The summed E-state index contributed by atoms with van der Waals surface area (Å²) in [6.45, 7) is 5.90. The standard InChI is InChI=1S/C12H15BrO2/c1-8-6-9(4-5-10(8)13)12(2,3)7-11(14)15/h4-6H,7H2,1-3H3,(H,14,15). The number of rotatable bonds is 3. The van der Waals surface area contributed by atoms with Crippen molar-refractivity contribution >= 4 is 21.9 Å². The van der Waals surface area contributed by atoms with Crippen LogP contribution in [0.3, 0.4) is 0 Å². The van der Waals surface area contributed by atoms with Gasteiger partial charge >= 0.3 is 5.97 Å². The summed E-state index contributed by atoms with van der Waals surface area (Å²) in [5.41, 5.74) is 1.87. The summed E-state index contributed by atoms with van der Waals surface area (Å²) >= 11 is 3.43. The number of aliphatic carboxylic acids is 1. The smallest absolute Gasteiger partial charge is 0.304 e. The van der Waals surface area contributed by atoms with Crippen molar-refractivity contribution in [3.63, 3.8) is 0 Å². The zero-order chi connectivity index (χ0) is 11.6. The topological polar surface area (TPSA) is 37.3 Å². The van der Waals surface area contributed by atoms with E-state index < -0.39 is 5.97 Å². The Hall–Kier alpha value is -0.830. The van der Waals surface area contributed by atoms with Crippen LogP contribution in [0.5, 0.6) is 0 Å². The lowest BCUT2D eigenvalue weighted by Gasteiger charge is -2.23. The lowest BCUT2D eigenvalue weighted by molar-refractivity contribution is -0.138. The van der Waals surface area contributed by atoms with Crippen LogP contribution >= 0.6 is 15.9 Å². The lowest BCUT2D eigenvalue weighted by atomic mass is 9.81. The normalized spacial score (nSPS) is 11.5. The van der Waals surface area contributed by atoms with Crippen molar-refractivity contribution in [2.24, 2.45) is 0 Å². The predicted octanol–water partition coefficient (Wildman–Crippen LogP) is 3.51. The zero-order valence-corrected chi connectivity index (χ0v) is 10.8. The summed E-state index contributed by atoms with van der Waals surface area (Å²) in [6.07, 6.45) is 0.147. The molecule has 0 aliphatic carbocycles. The fraction of sp³-hybridized carbons (Fsp3) is 0.417. The molecule has 0 unspecified atom stereocenters. The molecule has 0 bridgehead atoms. The van der Waals surface area contributed by atoms with Gasteiger partial charge in [0.05, 0.1) is 6.42 Å². The van der Waals surface area contributed by atoms with Crippen molar-refractivity contribution in [1.82, 2.24) is 0 Å². The van der Waals surface area contributed by atoms with E-state index in [1.807, 2.05) is 39.0 Å². The van der Waals surface area contributed by atoms with Crippen LogP contribution in [0.1, 0.15) is 31.4 Å². The zero-order valence-electron chi connectivity index (χ0n) is 9.17. The molecule has 0 saturated carbocycles. The minimum atomic E-state index is -0.763. The van der Waals surface area contributed by atoms with E-state index >= 15 is 0 Å². The minimum Gasteiger partial charge on any atom is -0.481 e. The van der Waals surface area contributed by atoms with E-state index in [4.69, 9.17) is 5.11 Å². The molecule has 1 aromatic rings. The summed E-state index contributed by atoms with van der Waals surface area (Å²) in [4.78, 5) is 10.7. The first-order chi connectivity index (χ1) is 6.83. The van der Waals surface area contributed by atoms with Crippen molar-refractivity contribution in [3.8, 4) is 0 Å². The average molecular weight is 271 g/mol. The molecule has 0 aliphatic rings. The van der Waals surface area contributed by atoms with Crippen molar-refractivity contribution in [1.29, 1.82) is 0 Å². The highest BCUT2D eigenvalue weighted by Crippen LogP contribution is 2.29. The Morgan fingerprint density at radius 3 is 2.53 bits per heavy atom. The van der Waals surface area contributed by atoms with Crippen LogP contribution in [-0.4, -0.2) is 11.1 Å². The average Bonchev–Trinajstić information content (AvgIpc) is 2.07. The van der Waals surface area contributed by atoms with Gasteiger partial charge in [-0.25, -0.2) is 0 Å². The molecule has 0 radical (unpaired) electrons. The van der Waals surface area contributed by atoms with E-state index in [0.717, 1.165) is 15.6 Å². The highest BCUT2D eigenvalue weighted by Gasteiger charge is 2.24. The minimum absolute atomic E-state index is 0.147. The van der Waals surface area contributed by atoms with Gasteiger partial charge in [-0.1, -0.05) is 41.9 Å². The van der Waals surface area contributed by atoms with E-state index in [1.54, 1.807) is 0 Å². The molecule has 0 saturated heterocycles. The van der Waals surface area contributed by atoms with Gasteiger partial charge in [0.25, 0.3) is 0 Å². The third-order valence-electron chi connectivity index (χ3n) is 2.53. The van der Waals surface area contributed by atoms with Gasteiger partial charge in [0.2, 0.25) is 0 Å². The van der Waals surface area contributed by atoms with E-state index in [0.29, 0.717) is 0 Å². The Kier molecular flexibility index (Phi) is 3.55. The Labute approximate surface area is 98.4 Å². The van der Waals surface area contributed by atoms with Crippen molar-refractivity contribution in [2.75, 3.05) is 0 Å². The Morgan fingerprint density at radius 2 is 2.07 bits per heavy atom. The summed E-state index contributed by atoms with van der Waals surface area (Å²) in [7, 11) is 0. The summed E-state index contributed by atoms with van der Waals surface area (Å²) in [5.74, 6) is -0.763. The van der Waals surface area contributed by atoms with Gasteiger partial charge in [-0.05, 0) is 24.1 Å². The van der Waals surface area contributed by atoms with Crippen LogP contribution in [0.2, 0.25) is 0 Å². The summed E-state index contributed by atoms with van der Waals surface area (Å²) in [6, 6.07) is 5.97. The number of carboxylic acid groups (broad SMARTS) is 1. The van der Waals surface area contributed by atoms with Crippen molar-refractivity contribution in [2.45, 2.75) is 32.6 Å². The third kappa shape index (κ3) is 3.06. The van der Waals surface area contributed by atoms with Gasteiger partial charge < -0.3 is 5.11 Å². The molecular weight excluding hydrogens is 256 g/mol. The van der Waals surface area contributed by atoms with Gasteiger partial charge in [-0.3, -0.25) is 4.79 Å². The van der Waals surface area contributed by atoms with Gasteiger partial charge in [0.1, 0.15) is 0 Å². The molecule has 1 aromatic carbocycles. The molecule has 1 rings (SSSR count). The molecule has 0 heterocycles. The van der Waals surface area contributed by atoms with Crippen LogP contribution in [0.4, 0.5) is 0 Å². The number of carboxylic acids is 1. The van der Waals surface area contributed by atoms with E-state index in [-0.39, 0.29) is 11.8 Å². The number of aryl methyl sites for hydroxylation is 1. The maximum atomic E-state index is 10.7. The van der Waals surface area contributed by atoms with Crippen molar-refractivity contribution < 1.29 is 9.90 Å².